The van der Waals surface area contributed by atoms with Crippen molar-refractivity contribution >= 4 is 39.8 Å². The molecule has 0 atom stereocenters. The highest BCUT2D eigenvalue weighted by molar-refractivity contribution is 8.00. The zero-order valence-corrected chi connectivity index (χ0v) is 15.1. The summed E-state index contributed by atoms with van der Waals surface area (Å²) in [6.45, 7) is 0. The summed E-state index contributed by atoms with van der Waals surface area (Å²) >= 11 is 3.07. The van der Waals surface area contributed by atoms with Gasteiger partial charge in [-0.15, -0.1) is 10.2 Å². The van der Waals surface area contributed by atoms with Gasteiger partial charge >= 0.3 is 0 Å². The number of nitrogens with one attached hydrogen (secondary N) is 1. The van der Waals surface area contributed by atoms with Gasteiger partial charge < -0.3 is 15.8 Å². The van der Waals surface area contributed by atoms with Gasteiger partial charge in [0.1, 0.15) is 5.75 Å². The van der Waals surface area contributed by atoms with E-state index in [1.807, 2.05) is 36.4 Å². The number of thioether (sulfide) groups is 1. The normalized spacial score (nSPS) is 10.4. The first-order valence-electron chi connectivity index (χ1n) is 7.40. The lowest BCUT2D eigenvalue weighted by atomic mass is 10.1. The van der Waals surface area contributed by atoms with Crippen molar-refractivity contribution in [1.82, 2.24) is 10.2 Å². The minimum Gasteiger partial charge on any atom is -0.497 e. The Morgan fingerprint density at radius 3 is 2.76 bits per heavy atom. The molecule has 0 radical (unpaired) electrons. The summed E-state index contributed by atoms with van der Waals surface area (Å²) in [6.07, 6.45) is 0. The van der Waals surface area contributed by atoms with Crippen LogP contribution in [0.15, 0.2) is 52.9 Å². The Bertz CT molecular complexity index is 865. The Kier molecular flexibility index (Phi) is 5.52. The van der Waals surface area contributed by atoms with E-state index < -0.39 is 5.91 Å². The summed E-state index contributed by atoms with van der Waals surface area (Å²) in [6, 6.07) is 14.9. The highest BCUT2D eigenvalue weighted by atomic mass is 32.2. The molecule has 2 aromatic carbocycles. The number of benzene rings is 2. The highest BCUT2D eigenvalue weighted by Crippen LogP contribution is 2.30. The van der Waals surface area contributed by atoms with Gasteiger partial charge in [-0.2, -0.15) is 0 Å². The molecule has 1 heterocycles. The predicted octanol–water partition coefficient (Wildman–Crippen LogP) is 3.68. The van der Waals surface area contributed by atoms with Gasteiger partial charge in [0.05, 0.1) is 7.11 Å². The van der Waals surface area contributed by atoms with Crippen molar-refractivity contribution in [2.75, 3.05) is 12.4 Å². The fraction of sp³-hybridized carbons (Fsp3) is 0.118. The number of nitrogens with zero attached hydrogens (tertiary/aromatic N) is 2. The molecule has 0 bridgehead atoms. The van der Waals surface area contributed by atoms with E-state index in [9.17, 15) is 4.79 Å². The third kappa shape index (κ3) is 4.71. The minimum atomic E-state index is -0.420. The fourth-order valence-electron chi connectivity index (χ4n) is 2.05. The van der Waals surface area contributed by atoms with Gasteiger partial charge in [-0.05, 0) is 29.8 Å². The smallest absolute Gasteiger partial charge is 0.248 e. The van der Waals surface area contributed by atoms with Crippen LogP contribution in [0, 0.1) is 0 Å². The quantitative estimate of drug-likeness (QED) is 0.615. The molecule has 0 aliphatic heterocycles. The lowest BCUT2D eigenvalue weighted by Crippen LogP contribution is -2.10. The monoisotopic (exact) mass is 372 g/mol. The Morgan fingerprint density at radius 1 is 1.24 bits per heavy atom. The van der Waals surface area contributed by atoms with E-state index in [4.69, 9.17) is 10.5 Å². The average Bonchev–Trinajstić information content (AvgIpc) is 3.08. The van der Waals surface area contributed by atoms with Crippen LogP contribution in [0.3, 0.4) is 0 Å². The van der Waals surface area contributed by atoms with Gasteiger partial charge in [0.2, 0.25) is 11.0 Å². The Morgan fingerprint density at radius 2 is 2.04 bits per heavy atom. The number of rotatable bonds is 7. The van der Waals surface area contributed by atoms with Crippen molar-refractivity contribution in [3.63, 3.8) is 0 Å². The molecule has 6 nitrogen and oxygen atoms in total. The first kappa shape index (κ1) is 17.2. The number of ether oxygens (including phenoxy) is 1. The Hall–Kier alpha value is -2.58. The number of methoxy groups -OCH3 is 1. The molecule has 25 heavy (non-hydrogen) atoms. The van der Waals surface area contributed by atoms with E-state index in [1.54, 1.807) is 31.0 Å². The summed E-state index contributed by atoms with van der Waals surface area (Å²) in [5.41, 5.74) is 7.73. The van der Waals surface area contributed by atoms with Crippen molar-refractivity contribution in [3.8, 4) is 5.75 Å². The molecule has 0 spiro atoms. The number of anilines is 2. The lowest BCUT2D eigenvalue weighted by Gasteiger charge is -2.04. The SMILES string of the molecule is COc1cccc(Nc2nnc(SCc3ccc(C(N)=O)cc3)s2)c1. The molecular formula is C17H16N4O2S2. The number of hydrogen-bond donors (Lipinski definition) is 2. The van der Waals surface area contributed by atoms with E-state index in [0.29, 0.717) is 5.56 Å². The largest absolute Gasteiger partial charge is 0.497 e. The molecule has 0 aliphatic rings. The number of primary amides is 1. The van der Waals surface area contributed by atoms with E-state index in [2.05, 4.69) is 15.5 Å². The van der Waals surface area contributed by atoms with Gasteiger partial charge in [0.25, 0.3) is 0 Å². The molecule has 1 aromatic heterocycles. The van der Waals surface area contributed by atoms with Crippen LogP contribution in [0.5, 0.6) is 5.75 Å². The number of carbonyl (C=O) groups excluding carboxylic acids is 1. The van der Waals surface area contributed by atoms with Crippen molar-refractivity contribution in [2.24, 2.45) is 5.73 Å². The molecule has 0 unspecified atom stereocenters. The van der Waals surface area contributed by atoms with Crippen LogP contribution in [-0.2, 0) is 5.75 Å². The van der Waals surface area contributed by atoms with Crippen molar-refractivity contribution in [1.29, 1.82) is 0 Å². The highest BCUT2D eigenvalue weighted by Gasteiger charge is 2.07. The van der Waals surface area contributed by atoms with Crippen LogP contribution in [0.1, 0.15) is 15.9 Å². The molecule has 0 aliphatic carbocycles. The molecular weight excluding hydrogens is 356 g/mol. The third-order valence-corrected chi connectivity index (χ3v) is 5.37. The minimum absolute atomic E-state index is 0.420. The van der Waals surface area contributed by atoms with Crippen LogP contribution in [0.25, 0.3) is 0 Å². The molecule has 3 rings (SSSR count). The van der Waals surface area contributed by atoms with Crippen molar-refractivity contribution < 1.29 is 9.53 Å². The van der Waals surface area contributed by atoms with Gasteiger partial charge in [0, 0.05) is 23.1 Å². The molecule has 3 aromatic rings. The van der Waals surface area contributed by atoms with Crippen molar-refractivity contribution in [2.45, 2.75) is 10.1 Å². The summed E-state index contributed by atoms with van der Waals surface area (Å²) < 4.78 is 6.07. The summed E-state index contributed by atoms with van der Waals surface area (Å²) in [4.78, 5) is 11.1. The Balaban J connectivity index is 1.58. The van der Waals surface area contributed by atoms with Crippen LogP contribution in [-0.4, -0.2) is 23.2 Å². The van der Waals surface area contributed by atoms with Crippen LogP contribution in [0.2, 0.25) is 0 Å². The van der Waals surface area contributed by atoms with Gasteiger partial charge in [0.15, 0.2) is 4.34 Å². The molecule has 8 heteroatoms. The first-order valence-corrected chi connectivity index (χ1v) is 9.20. The fourth-order valence-corrected chi connectivity index (χ4v) is 3.78. The second kappa shape index (κ2) is 8.00. The van der Waals surface area contributed by atoms with Gasteiger partial charge in [-0.3, -0.25) is 4.79 Å². The maximum Gasteiger partial charge on any atom is 0.248 e. The lowest BCUT2D eigenvalue weighted by molar-refractivity contribution is 0.100. The maximum atomic E-state index is 11.1. The van der Waals surface area contributed by atoms with E-state index in [1.165, 1.54) is 11.3 Å². The zero-order chi connectivity index (χ0) is 17.6. The number of carbonyl (C=O) groups is 1. The summed E-state index contributed by atoms with van der Waals surface area (Å²) in [5.74, 6) is 1.10. The second-order valence-corrected chi connectivity index (χ2v) is 7.28. The third-order valence-electron chi connectivity index (χ3n) is 3.33. The number of nitrogens with two attached hydrogens (primary N) is 1. The molecule has 1 amide bonds. The van der Waals surface area contributed by atoms with Gasteiger partial charge in [-0.25, -0.2) is 0 Å². The maximum absolute atomic E-state index is 11.1. The van der Waals surface area contributed by atoms with E-state index in [0.717, 1.165) is 32.2 Å². The second-order valence-electron chi connectivity index (χ2n) is 5.08. The topological polar surface area (TPSA) is 90.1 Å². The van der Waals surface area contributed by atoms with E-state index >= 15 is 0 Å². The van der Waals surface area contributed by atoms with Crippen LogP contribution >= 0.6 is 23.1 Å². The molecule has 0 saturated carbocycles. The molecule has 0 saturated heterocycles. The van der Waals surface area contributed by atoms with Gasteiger partial charge in [-0.1, -0.05) is 41.3 Å². The number of hydrogen-bond acceptors (Lipinski definition) is 7. The molecule has 128 valence electrons. The standard InChI is InChI=1S/C17H16N4O2S2/c1-23-14-4-2-3-13(9-14)19-16-20-21-17(25-16)24-10-11-5-7-12(8-6-11)15(18)22/h2-9H,10H2,1H3,(H2,18,22)(H,19,20). The average molecular weight is 372 g/mol. The summed E-state index contributed by atoms with van der Waals surface area (Å²) in [7, 11) is 1.63. The zero-order valence-electron chi connectivity index (χ0n) is 13.4. The predicted molar refractivity (Wildman–Crippen MR) is 101 cm³/mol. The molecule has 3 N–H and O–H groups in total. The van der Waals surface area contributed by atoms with Crippen molar-refractivity contribution in [3.05, 3.63) is 59.7 Å². The van der Waals surface area contributed by atoms with Crippen LogP contribution < -0.4 is 15.8 Å². The van der Waals surface area contributed by atoms with E-state index in [-0.39, 0.29) is 0 Å². The Labute approximate surface area is 153 Å². The number of amides is 1. The summed E-state index contributed by atoms with van der Waals surface area (Å²) in [5, 5.41) is 12.3. The first-order chi connectivity index (χ1) is 12.1. The van der Waals surface area contributed by atoms with Crippen LogP contribution in [0.4, 0.5) is 10.8 Å². The molecule has 0 fully saturated rings. The number of aromatic nitrogens is 2.